The molecule has 0 unspecified atom stereocenters. The van der Waals surface area contributed by atoms with Gasteiger partial charge in [0.05, 0.1) is 6.67 Å². The summed E-state index contributed by atoms with van der Waals surface area (Å²) in [5.41, 5.74) is 0.671. The molecule has 0 aliphatic carbocycles. The van der Waals surface area contributed by atoms with Crippen molar-refractivity contribution in [3.05, 3.63) is 53.6 Å². The van der Waals surface area contributed by atoms with Crippen LogP contribution in [0.25, 0.3) is 11.1 Å². The first-order chi connectivity index (χ1) is 12.2. The Hall–Kier alpha value is -2.25. The SMILES string of the molecule is FCCCCc1ccc(-c2ccc(OC(F)(F)C(F)F)c(F)c2)c(F)c1. The summed E-state index contributed by atoms with van der Waals surface area (Å²) < 4.78 is 93.8. The Balaban J connectivity index is 2.20. The zero-order chi connectivity index (χ0) is 19.3. The van der Waals surface area contributed by atoms with Crippen LogP contribution in [0.15, 0.2) is 36.4 Å². The van der Waals surface area contributed by atoms with Crippen LogP contribution >= 0.6 is 0 Å². The summed E-state index contributed by atoms with van der Waals surface area (Å²) in [5.74, 6) is -3.06. The number of benzene rings is 2. The molecular weight excluding hydrogens is 365 g/mol. The van der Waals surface area contributed by atoms with Gasteiger partial charge in [-0.2, -0.15) is 17.6 Å². The predicted molar refractivity (Wildman–Crippen MR) is 82.3 cm³/mol. The molecule has 2 rings (SSSR count). The summed E-state index contributed by atoms with van der Waals surface area (Å²) in [6.07, 6.45) is -7.57. The molecule has 0 atom stereocenters. The number of aryl methyl sites for hydroxylation is 1. The van der Waals surface area contributed by atoms with Gasteiger partial charge in [0.2, 0.25) is 0 Å². The third-order valence-corrected chi connectivity index (χ3v) is 3.63. The fourth-order valence-corrected chi connectivity index (χ4v) is 2.31. The van der Waals surface area contributed by atoms with E-state index in [1.807, 2.05) is 0 Å². The monoisotopic (exact) mass is 380 g/mol. The Morgan fingerprint density at radius 2 is 1.65 bits per heavy atom. The lowest BCUT2D eigenvalue weighted by Crippen LogP contribution is -2.33. The molecule has 1 nitrogen and oxygen atoms in total. The molecule has 0 saturated heterocycles. The molecule has 0 heterocycles. The van der Waals surface area contributed by atoms with Crippen molar-refractivity contribution in [1.29, 1.82) is 0 Å². The zero-order valence-electron chi connectivity index (χ0n) is 13.4. The largest absolute Gasteiger partial charge is 0.461 e. The van der Waals surface area contributed by atoms with E-state index in [0.717, 1.165) is 18.2 Å². The molecule has 142 valence electrons. The average Bonchev–Trinajstić information content (AvgIpc) is 2.57. The number of unbranched alkanes of at least 4 members (excludes halogenated alkanes) is 1. The Labute approximate surface area is 145 Å². The van der Waals surface area contributed by atoms with Gasteiger partial charge in [0.1, 0.15) is 5.82 Å². The lowest BCUT2D eigenvalue weighted by atomic mass is 10.0. The molecule has 0 radical (unpaired) electrons. The van der Waals surface area contributed by atoms with Gasteiger partial charge < -0.3 is 4.74 Å². The molecule has 0 spiro atoms. The van der Waals surface area contributed by atoms with Crippen LogP contribution < -0.4 is 4.74 Å². The Bertz CT molecular complexity index is 746. The Morgan fingerprint density at radius 1 is 0.923 bits per heavy atom. The van der Waals surface area contributed by atoms with Gasteiger partial charge in [-0.25, -0.2) is 8.78 Å². The molecule has 2 aromatic rings. The topological polar surface area (TPSA) is 9.23 Å². The molecule has 8 heteroatoms. The second-order valence-electron chi connectivity index (χ2n) is 5.57. The highest BCUT2D eigenvalue weighted by atomic mass is 19.3. The molecular formula is C18H15F7O. The van der Waals surface area contributed by atoms with Crippen LogP contribution in [0.3, 0.4) is 0 Å². The van der Waals surface area contributed by atoms with E-state index in [-0.39, 0.29) is 11.1 Å². The second-order valence-corrected chi connectivity index (χ2v) is 5.57. The highest BCUT2D eigenvalue weighted by Crippen LogP contribution is 2.32. The first kappa shape index (κ1) is 20.1. The van der Waals surface area contributed by atoms with Crippen molar-refractivity contribution < 1.29 is 35.5 Å². The van der Waals surface area contributed by atoms with E-state index in [0.29, 0.717) is 24.8 Å². The summed E-state index contributed by atoms with van der Waals surface area (Å²) >= 11 is 0. The molecule has 0 aliphatic rings. The van der Waals surface area contributed by atoms with Gasteiger partial charge in [-0.05, 0) is 48.6 Å². The van der Waals surface area contributed by atoms with Gasteiger partial charge in [0, 0.05) is 5.56 Å². The minimum Gasteiger partial charge on any atom is -0.425 e. The van der Waals surface area contributed by atoms with Crippen LogP contribution in [0.1, 0.15) is 18.4 Å². The summed E-state index contributed by atoms with van der Waals surface area (Å²) in [6.45, 7) is -0.459. The van der Waals surface area contributed by atoms with Crippen molar-refractivity contribution in [2.45, 2.75) is 31.8 Å². The first-order valence-electron chi connectivity index (χ1n) is 7.74. The molecule has 0 amide bonds. The van der Waals surface area contributed by atoms with Crippen molar-refractivity contribution in [2.75, 3.05) is 6.67 Å². The smallest absolute Gasteiger partial charge is 0.425 e. The second kappa shape index (κ2) is 8.42. The van der Waals surface area contributed by atoms with Gasteiger partial charge in [0.15, 0.2) is 11.6 Å². The maximum atomic E-state index is 14.2. The quantitative estimate of drug-likeness (QED) is 0.394. The average molecular weight is 380 g/mol. The van der Waals surface area contributed by atoms with Gasteiger partial charge in [-0.15, -0.1) is 0 Å². The maximum absolute atomic E-state index is 14.2. The standard InChI is InChI=1S/C18H15F7O/c19-8-2-1-3-11-4-6-13(14(20)9-11)12-5-7-16(15(21)10-12)26-18(24,25)17(22)23/h4-7,9-10,17H,1-3,8H2. The molecule has 0 bridgehead atoms. The van der Waals surface area contributed by atoms with Gasteiger partial charge >= 0.3 is 12.5 Å². The van der Waals surface area contributed by atoms with Gasteiger partial charge in [0.25, 0.3) is 0 Å². The van der Waals surface area contributed by atoms with Crippen molar-refractivity contribution >= 4 is 0 Å². The first-order valence-corrected chi connectivity index (χ1v) is 7.74. The highest BCUT2D eigenvalue weighted by Gasteiger charge is 2.44. The Kier molecular flexibility index (Phi) is 6.50. The molecule has 2 aromatic carbocycles. The van der Waals surface area contributed by atoms with Crippen molar-refractivity contribution in [3.8, 4) is 16.9 Å². The summed E-state index contributed by atoms with van der Waals surface area (Å²) in [7, 11) is 0. The minimum atomic E-state index is -4.84. The molecule has 0 N–H and O–H groups in total. The van der Waals surface area contributed by atoms with E-state index in [1.165, 1.54) is 12.1 Å². The fraction of sp³-hybridized carbons (Fsp3) is 0.333. The predicted octanol–water partition coefficient (Wildman–Crippen LogP) is 6.16. The van der Waals surface area contributed by atoms with Crippen LogP contribution in [-0.2, 0) is 6.42 Å². The van der Waals surface area contributed by atoms with Crippen molar-refractivity contribution in [1.82, 2.24) is 0 Å². The van der Waals surface area contributed by atoms with Crippen LogP contribution in [-0.4, -0.2) is 19.2 Å². The highest BCUT2D eigenvalue weighted by molar-refractivity contribution is 5.65. The number of ether oxygens (including phenoxy) is 1. The number of hydrogen-bond acceptors (Lipinski definition) is 1. The minimum absolute atomic E-state index is 0.00492. The molecule has 26 heavy (non-hydrogen) atoms. The fourth-order valence-electron chi connectivity index (χ4n) is 2.31. The molecule has 0 aromatic heterocycles. The number of rotatable bonds is 8. The zero-order valence-corrected chi connectivity index (χ0v) is 13.4. The molecule has 0 fully saturated rings. The van der Waals surface area contributed by atoms with E-state index >= 15 is 0 Å². The van der Waals surface area contributed by atoms with Gasteiger partial charge in [-0.1, -0.05) is 18.2 Å². The Morgan fingerprint density at radius 3 is 2.23 bits per heavy atom. The number of alkyl halides is 5. The van der Waals surface area contributed by atoms with E-state index in [4.69, 9.17) is 0 Å². The lowest BCUT2D eigenvalue weighted by molar-refractivity contribution is -0.254. The molecule has 0 saturated carbocycles. The number of hydrogen-bond donors (Lipinski definition) is 0. The van der Waals surface area contributed by atoms with E-state index < -0.39 is 36.6 Å². The molecule has 0 aliphatic heterocycles. The van der Waals surface area contributed by atoms with Crippen LogP contribution in [0.4, 0.5) is 30.7 Å². The van der Waals surface area contributed by atoms with Gasteiger partial charge in [-0.3, -0.25) is 4.39 Å². The maximum Gasteiger partial charge on any atom is 0.461 e. The van der Waals surface area contributed by atoms with E-state index in [9.17, 15) is 30.7 Å². The third kappa shape index (κ3) is 4.89. The van der Waals surface area contributed by atoms with E-state index in [1.54, 1.807) is 6.07 Å². The summed E-state index contributed by atoms with van der Waals surface area (Å²) in [5, 5.41) is 0. The van der Waals surface area contributed by atoms with Crippen molar-refractivity contribution in [3.63, 3.8) is 0 Å². The normalized spacial score (nSPS) is 11.8. The number of halogens is 7. The summed E-state index contributed by atoms with van der Waals surface area (Å²) in [6, 6.07) is 6.72. The van der Waals surface area contributed by atoms with Crippen molar-refractivity contribution in [2.24, 2.45) is 0 Å². The summed E-state index contributed by atoms with van der Waals surface area (Å²) in [4.78, 5) is 0. The lowest BCUT2D eigenvalue weighted by Gasteiger charge is -2.17. The van der Waals surface area contributed by atoms with E-state index in [2.05, 4.69) is 4.74 Å². The van der Waals surface area contributed by atoms with Crippen LogP contribution in [0, 0.1) is 11.6 Å². The van der Waals surface area contributed by atoms with Crippen LogP contribution in [0.2, 0.25) is 0 Å². The third-order valence-electron chi connectivity index (χ3n) is 3.63. The van der Waals surface area contributed by atoms with Crippen LogP contribution in [0.5, 0.6) is 5.75 Å².